The Kier molecular flexibility index (Phi) is 7.07. The van der Waals surface area contributed by atoms with Gasteiger partial charge in [-0.3, -0.25) is 0 Å². The molecule has 0 saturated carbocycles. The molecule has 156 valence electrons. The zero-order chi connectivity index (χ0) is 19.4. The Morgan fingerprint density at radius 1 is 0.926 bits per heavy atom. The van der Waals surface area contributed by atoms with Gasteiger partial charge in [0.15, 0.2) is 0 Å². The summed E-state index contributed by atoms with van der Waals surface area (Å²) in [6.45, 7) is 16.1. The van der Waals surface area contributed by atoms with Gasteiger partial charge in [-0.25, -0.2) is 4.79 Å². The lowest BCUT2D eigenvalue weighted by molar-refractivity contribution is 0.0282. The molecule has 0 aromatic heterocycles. The highest BCUT2D eigenvalue weighted by molar-refractivity contribution is 5.68. The molecule has 0 bridgehead atoms. The quantitative estimate of drug-likeness (QED) is 0.744. The smallest absolute Gasteiger partial charge is 0.410 e. The maximum atomic E-state index is 12.3. The van der Waals surface area contributed by atoms with E-state index in [1.807, 2.05) is 25.7 Å². The molecular weight excluding hydrogens is 338 g/mol. The fourth-order valence-corrected chi connectivity index (χ4v) is 5.07. The Hall–Kier alpha value is -0.810. The number of carbonyl (C=O) groups is 1. The summed E-state index contributed by atoms with van der Waals surface area (Å²) < 4.78 is 5.54. The molecule has 3 atom stereocenters. The van der Waals surface area contributed by atoms with E-state index in [4.69, 9.17) is 4.74 Å². The van der Waals surface area contributed by atoms with Crippen LogP contribution in [0.15, 0.2) is 0 Å². The minimum Gasteiger partial charge on any atom is -0.444 e. The first-order valence-electron chi connectivity index (χ1n) is 11.2. The van der Waals surface area contributed by atoms with Crippen molar-refractivity contribution in [3.63, 3.8) is 0 Å². The van der Waals surface area contributed by atoms with Crippen molar-refractivity contribution in [3.8, 4) is 0 Å². The van der Waals surface area contributed by atoms with E-state index < -0.39 is 5.60 Å². The van der Waals surface area contributed by atoms with Gasteiger partial charge in [0, 0.05) is 38.8 Å². The molecule has 0 spiro atoms. The second-order valence-electron chi connectivity index (χ2n) is 10.2. The number of likely N-dealkylation sites (tertiary alicyclic amines) is 3. The van der Waals surface area contributed by atoms with Gasteiger partial charge in [0.2, 0.25) is 0 Å². The fraction of sp³-hybridized carbons (Fsp3) is 0.955. The maximum Gasteiger partial charge on any atom is 0.410 e. The van der Waals surface area contributed by atoms with Crippen LogP contribution in [0.3, 0.4) is 0 Å². The molecule has 3 fully saturated rings. The zero-order valence-corrected chi connectivity index (χ0v) is 18.1. The lowest BCUT2D eigenvalue weighted by Crippen LogP contribution is -2.46. The number of hydrogen-bond acceptors (Lipinski definition) is 4. The second-order valence-corrected chi connectivity index (χ2v) is 10.2. The van der Waals surface area contributed by atoms with Crippen LogP contribution in [0, 0.1) is 11.8 Å². The summed E-state index contributed by atoms with van der Waals surface area (Å²) in [6.07, 6.45) is 7.85. The predicted molar refractivity (Wildman–Crippen MR) is 110 cm³/mol. The van der Waals surface area contributed by atoms with Gasteiger partial charge in [0.05, 0.1) is 0 Å². The molecule has 27 heavy (non-hydrogen) atoms. The van der Waals surface area contributed by atoms with Gasteiger partial charge in [0.1, 0.15) is 5.60 Å². The van der Waals surface area contributed by atoms with Gasteiger partial charge in [-0.1, -0.05) is 6.42 Å². The monoisotopic (exact) mass is 379 g/mol. The van der Waals surface area contributed by atoms with Crippen LogP contribution in [0.5, 0.6) is 0 Å². The van der Waals surface area contributed by atoms with Crippen LogP contribution in [-0.4, -0.2) is 78.2 Å². The molecular formula is C22H41N3O2. The maximum absolute atomic E-state index is 12.3. The van der Waals surface area contributed by atoms with E-state index in [1.165, 1.54) is 58.3 Å². The number of carbonyl (C=O) groups excluding carboxylic acids is 1. The molecule has 1 amide bonds. The number of amides is 1. The number of rotatable bonds is 4. The summed E-state index contributed by atoms with van der Waals surface area (Å²) in [5.41, 5.74) is -0.402. The third kappa shape index (κ3) is 6.35. The van der Waals surface area contributed by atoms with Crippen LogP contribution in [0.1, 0.15) is 66.2 Å². The largest absolute Gasteiger partial charge is 0.444 e. The fourth-order valence-electron chi connectivity index (χ4n) is 5.07. The van der Waals surface area contributed by atoms with Crippen LogP contribution in [0.2, 0.25) is 0 Å². The molecule has 0 aromatic carbocycles. The van der Waals surface area contributed by atoms with Crippen LogP contribution in [-0.2, 0) is 4.74 Å². The number of hydrogen-bond donors (Lipinski definition) is 0. The second kappa shape index (κ2) is 9.13. The summed E-state index contributed by atoms with van der Waals surface area (Å²) in [5, 5.41) is 0. The first-order valence-corrected chi connectivity index (χ1v) is 11.2. The molecule has 3 aliphatic rings. The lowest BCUT2D eigenvalue weighted by Gasteiger charge is -2.40. The Labute approximate surface area is 166 Å². The topological polar surface area (TPSA) is 36.0 Å². The molecule has 0 aromatic rings. The summed E-state index contributed by atoms with van der Waals surface area (Å²) in [6, 6.07) is 0.770. The number of ether oxygens (including phenoxy) is 1. The van der Waals surface area contributed by atoms with E-state index in [2.05, 4.69) is 16.7 Å². The van der Waals surface area contributed by atoms with Crippen LogP contribution >= 0.6 is 0 Å². The molecule has 0 N–H and O–H groups in total. The summed E-state index contributed by atoms with van der Waals surface area (Å²) >= 11 is 0. The van der Waals surface area contributed by atoms with Gasteiger partial charge in [-0.2, -0.15) is 0 Å². The van der Waals surface area contributed by atoms with E-state index in [0.29, 0.717) is 5.92 Å². The van der Waals surface area contributed by atoms with Crippen molar-refractivity contribution in [2.75, 3.05) is 45.8 Å². The first-order chi connectivity index (χ1) is 12.8. The molecule has 3 heterocycles. The molecule has 0 aliphatic carbocycles. The van der Waals surface area contributed by atoms with Gasteiger partial charge in [-0.05, 0) is 84.7 Å². The SMILES string of the molecule is CC1CCCCN1CC1CCCN(CC2CCN(C(=O)OC(C)(C)C)C2)C1. The minimum atomic E-state index is -0.402. The molecule has 5 nitrogen and oxygen atoms in total. The van der Waals surface area contributed by atoms with Crippen LogP contribution < -0.4 is 0 Å². The third-order valence-corrected chi connectivity index (χ3v) is 6.49. The Morgan fingerprint density at radius 3 is 2.44 bits per heavy atom. The average Bonchev–Trinajstić information content (AvgIpc) is 3.04. The van der Waals surface area contributed by atoms with Gasteiger partial charge in [0.25, 0.3) is 0 Å². The highest BCUT2D eigenvalue weighted by Gasteiger charge is 2.32. The van der Waals surface area contributed by atoms with Gasteiger partial charge >= 0.3 is 6.09 Å². The number of piperidine rings is 2. The molecule has 5 heteroatoms. The van der Waals surface area contributed by atoms with Crippen molar-refractivity contribution >= 4 is 6.09 Å². The van der Waals surface area contributed by atoms with Crippen molar-refractivity contribution in [2.45, 2.75) is 77.9 Å². The van der Waals surface area contributed by atoms with E-state index in [-0.39, 0.29) is 6.09 Å². The van der Waals surface area contributed by atoms with E-state index in [9.17, 15) is 4.79 Å². The third-order valence-electron chi connectivity index (χ3n) is 6.49. The minimum absolute atomic E-state index is 0.138. The Morgan fingerprint density at radius 2 is 1.70 bits per heavy atom. The first kappa shape index (κ1) is 20.9. The van der Waals surface area contributed by atoms with E-state index in [0.717, 1.165) is 38.0 Å². The summed E-state index contributed by atoms with van der Waals surface area (Å²) in [4.78, 5) is 19.6. The highest BCUT2D eigenvalue weighted by Crippen LogP contribution is 2.25. The Balaban J connectivity index is 1.42. The molecule has 0 radical (unpaired) electrons. The molecule has 3 aliphatic heterocycles. The standard InChI is InChI=1S/C22H41N3O2/c1-18-8-5-6-12-24(18)16-19-9-7-11-23(14-19)15-20-10-13-25(17-20)21(26)27-22(2,3)4/h18-20H,5-17H2,1-4H3. The van der Waals surface area contributed by atoms with Crippen molar-refractivity contribution in [2.24, 2.45) is 11.8 Å². The van der Waals surface area contributed by atoms with Crippen molar-refractivity contribution in [1.29, 1.82) is 0 Å². The van der Waals surface area contributed by atoms with E-state index >= 15 is 0 Å². The van der Waals surface area contributed by atoms with Gasteiger partial charge in [-0.15, -0.1) is 0 Å². The average molecular weight is 380 g/mol. The zero-order valence-electron chi connectivity index (χ0n) is 18.1. The van der Waals surface area contributed by atoms with Crippen LogP contribution in [0.4, 0.5) is 4.79 Å². The summed E-state index contributed by atoms with van der Waals surface area (Å²) in [5.74, 6) is 1.42. The highest BCUT2D eigenvalue weighted by atomic mass is 16.6. The molecule has 3 unspecified atom stereocenters. The normalized spacial score (nSPS) is 31.3. The predicted octanol–water partition coefficient (Wildman–Crippen LogP) is 3.83. The number of nitrogens with zero attached hydrogens (tertiary/aromatic N) is 3. The van der Waals surface area contributed by atoms with Crippen molar-refractivity contribution in [3.05, 3.63) is 0 Å². The Bertz CT molecular complexity index is 490. The summed E-state index contributed by atoms with van der Waals surface area (Å²) in [7, 11) is 0. The van der Waals surface area contributed by atoms with Gasteiger partial charge < -0.3 is 19.4 Å². The molecule has 3 rings (SSSR count). The lowest BCUT2D eigenvalue weighted by atomic mass is 9.94. The molecule has 3 saturated heterocycles. The van der Waals surface area contributed by atoms with E-state index in [1.54, 1.807) is 0 Å². The van der Waals surface area contributed by atoms with Crippen molar-refractivity contribution in [1.82, 2.24) is 14.7 Å². The van der Waals surface area contributed by atoms with Crippen LogP contribution in [0.25, 0.3) is 0 Å². The van der Waals surface area contributed by atoms with Crippen molar-refractivity contribution < 1.29 is 9.53 Å².